The molecule has 0 radical (unpaired) electrons. The fraction of sp³-hybridized carbons (Fsp3) is 0.520. The standard InChI is InChI=1S/C25H36O2/c1(2-4-6-8-16-22-26-24-18-12-10-13-19-24)3-5-7-9-17-23-27-25-20-14-11-15-21-25/h10-15,18-21H,1-9,16-17,22-23H2. The minimum atomic E-state index is 0.845. The summed E-state index contributed by atoms with van der Waals surface area (Å²) < 4.78 is 11.4. The van der Waals surface area contributed by atoms with E-state index in [-0.39, 0.29) is 0 Å². The van der Waals surface area contributed by atoms with Crippen molar-refractivity contribution in [1.29, 1.82) is 0 Å². The summed E-state index contributed by atoms with van der Waals surface area (Å²) in [6.07, 6.45) is 14.5. The number of benzene rings is 2. The quantitative estimate of drug-likeness (QED) is 0.287. The average Bonchev–Trinajstić information content (AvgIpc) is 2.72. The molecule has 0 heterocycles. The van der Waals surface area contributed by atoms with Crippen LogP contribution in [-0.4, -0.2) is 13.2 Å². The fourth-order valence-corrected chi connectivity index (χ4v) is 3.21. The first-order valence-electron chi connectivity index (χ1n) is 10.8. The zero-order valence-electron chi connectivity index (χ0n) is 16.8. The Morgan fingerprint density at radius 1 is 0.370 bits per heavy atom. The normalized spacial score (nSPS) is 10.7. The van der Waals surface area contributed by atoms with Gasteiger partial charge in [0.25, 0.3) is 0 Å². The van der Waals surface area contributed by atoms with Crippen LogP contribution in [0.3, 0.4) is 0 Å². The molecule has 0 saturated carbocycles. The molecule has 0 aromatic heterocycles. The van der Waals surface area contributed by atoms with Gasteiger partial charge in [-0.05, 0) is 37.1 Å². The van der Waals surface area contributed by atoms with E-state index < -0.39 is 0 Å². The summed E-state index contributed by atoms with van der Waals surface area (Å²) >= 11 is 0. The van der Waals surface area contributed by atoms with Gasteiger partial charge >= 0.3 is 0 Å². The van der Waals surface area contributed by atoms with Crippen molar-refractivity contribution in [1.82, 2.24) is 0 Å². The predicted molar refractivity (Wildman–Crippen MR) is 115 cm³/mol. The van der Waals surface area contributed by atoms with Gasteiger partial charge in [0.1, 0.15) is 11.5 Å². The molecule has 0 fully saturated rings. The fourth-order valence-electron chi connectivity index (χ4n) is 3.21. The summed E-state index contributed by atoms with van der Waals surface area (Å²) in [7, 11) is 0. The van der Waals surface area contributed by atoms with E-state index in [4.69, 9.17) is 9.47 Å². The second kappa shape index (κ2) is 15.1. The molecule has 0 saturated heterocycles. The Hall–Kier alpha value is -1.96. The lowest BCUT2D eigenvalue weighted by atomic mass is 10.1. The van der Waals surface area contributed by atoms with Crippen molar-refractivity contribution in [2.24, 2.45) is 0 Å². The molecule has 2 rings (SSSR count). The van der Waals surface area contributed by atoms with Crippen LogP contribution in [0, 0.1) is 0 Å². The van der Waals surface area contributed by atoms with Gasteiger partial charge in [-0.2, -0.15) is 0 Å². The third-order valence-corrected chi connectivity index (χ3v) is 4.81. The molecular weight excluding hydrogens is 332 g/mol. The van der Waals surface area contributed by atoms with E-state index in [2.05, 4.69) is 0 Å². The van der Waals surface area contributed by atoms with E-state index in [1.165, 1.54) is 70.6 Å². The molecule has 0 spiro atoms. The van der Waals surface area contributed by atoms with Crippen LogP contribution in [0.15, 0.2) is 60.7 Å². The lowest BCUT2D eigenvalue weighted by Crippen LogP contribution is -1.97. The summed E-state index contributed by atoms with van der Waals surface area (Å²) in [6, 6.07) is 20.2. The van der Waals surface area contributed by atoms with Crippen molar-refractivity contribution in [3.05, 3.63) is 60.7 Å². The van der Waals surface area contributed by atoms with E-state index in [0.29, 0.717) is 0 Å². The van der Waals surface area contributed by atoms with Crippen LogP contribution in [0.5, 0.6) is 11.5 Å². The van der Waals surface area contributed by atoms with Crippen molar-refractivity contribution in [3.8, 4) is 11.5 Å². The molecule has 0 aliphatic heterocycles. The van der Waals surface area contributed by atoms with Crippen LogP contribution in [0.2, 0.25) is 0 Å². The van der Waals surface area contributed by atoms with E-state index in [0.717, 1.165) is 24.7 Å². The van der Waals surface area contributed by atoms with Crippen LogP contribution in [-0.2, 0) is 0 Å². The molecule has 2 aromatic carbocycles. The van der Waals surface area contributed by atoms with Crippen molar-refractivity contribution < 1.29 is 9.47 Å². The van der Waals surface area contributed by atoms with E-state index in [1.54, 1.807) is 0 Å². The molecule has 2 aromatic rings. The monoisotopic (exact) mass is 368 g/mol. The number of rotatable bonds is 16. The molecule has 0 amide bonds. The molecule has 0 atom stereocenters. The summed E-state index contributed by atoms with van der Waals surface area (Å²) in [4.78, 5) is 0. The number of para-hydroxylation sites is 2. The maximum atomic E-state index is 5.72. The van der Waals surface area contributed by atoms with E-state index >= 15 is 0 Å². The van der Waals surface area contributed by atoms with Gasteiger partial charge in [-0.15, -0.1) is 0 Å². The Labute approximate surface area is 165 Å². The molecular formula is C25H36O2. The second-order valence-electron chi connectivity index (χ2n) is 7.21. The summed E-state index contributed by atoms with van der Waals surface area (Å²) in [5, 5.41) is 0. The van der Waals surface area contributed by atoms with Gasteiger partial charge in [0.05, 0.1) is 13.2 Å². The Morgan fingerprint density at radius 2 is 0.667 bits per heavy atom. The van der Waals surface area contributed by atoms with Gasteiger partial charge < -0.3 is 9.47 Å². The third-order valence-electron chi connectivity index (χ3n) is 4.81. The van der Waals surface area contributed by atoms with Gasteiger partial charge in [0.2, 0.25) is 0 Å². The lowest BCUT2D eigenvalue weighted by Gasteiger charge is -2.06. The number of unbranched alkanes of at least 4 members (excludes halogenated alkanes) is 10. The predicted octanol–water partition coefficient (Wildman–Crippen LogP) is 7.44. The molecule has 0 aliphatic rings. The molecule has 0 aliphatic carbocycles. The Balaban J connectivity index is 1.26. The van der Waals surface area contributed by atoms with Gasteiger partial charge in [-0.25, -0.2) is 0 Å². The molecule has 27 heavy (non-hydrogen) atoms. The van der Waals surface area contributed by atoms with E-state index in [9.17, 15) is 0 Å². The first-order chi connectivity index (χ1) is 13.4. The van der Waals surface area contributed by atoms with Gasteiger partial charge in [-0.3, -0.25) is 0 Å². The average molecular weight is 369 g/mol. The van der Waals surface area contributed by atoms with Crippen molar-refractivity contribution in [3.63, 3.8) is 0 Å². The van der Waals surface area contributed by atoms with Gasteiger partial charge in [-0.1, -0.05) is 94.2 Å². The number of ether oxygens (including phenoxy) is 2. The molecule has 2 nitrogen and oxygen atoms in total. The van der Waals surface area contributed by atoms with Crippen molar-refractivity contribution in [2.75, 3.05) is 13.2 Å². The largest absolute Gasteiger partial charge is 0.494 e. The molecule has 148 valence electrons. The number of hydrogen-bond donors (Lipinski definition) is 0. The molecule has 0 bridgehead atoms. The minimum Gasteiger partial charge on any atom is -0.494 e. The first kappa shape index (κ1) is 21.3. The topological polar surface area (TPSA) is 18.5 Å². The Morgan fingerprint density at radius 3 is 1.00 bits per heavy atom. The maximum absolute atomic E-state index is 5.72. The minimum absolute atomic E-state index is 0.845. The first-order valence-corrected chi connectivity index (χ1v) is 10.8. The van der Waals surface area contributed by atoms with Crippen LogP contribution in [0.25, 0.3) is 0 Å². The second-order valence-corrected chi connectivity index (χ2v) is 7.21. The maximum Gasteiger partial charge on any atom is 0.119 e. The molecule has 0 N–H and O–H groups in total. The molecule has 2 heteroatoms. The summed E-state index contributed by atoms with van der Waals surface area (Å²) in [5.41, 5.74) is 0. The number of hydrogen-bond acceptors (Lipinski definition) is 2. The van der Waals surface area contributed by atoms with Crippen molar-refractivity contribution >= 4 is 0 Å². The zero-order chi connectivity index (χ0) is 18.8. The lowest BCUT2D eigenvalue weighted by molar-refractivity contribution is 0.303. The summed E-state index contributed by atoms with van der Waals surface area (Å²) in [5.74, 6) is 1.98. The zero-order valence-corrected chi connectivity index (χ0v) is 16.8. The third kappa shape index (κ3) is 11.4. The highest BCUT2D eigenvalue weighted by Gasteiger charge is 1.96. The Bertz CT molecular complexity index is 502. The van der Waals surface area contributed by atoms with Crippen LogP contribution in [0.1, 0.15) is 70.6 Å². The van der Waals surface area contributed by atoms with E-state index in [1.807, 2.05) is 60.7 Å². The highest BCUT2D eigenvalue weighted by molar-refractivity contribution is 5.21. The van der Waals surface area contributed by atoms with Crippen molar-refractivity contribution in [2.45, 2.75) is 70.6 Å². The highest BCUT2D eigenvalue weighted by atomic mass is 16.5. The Kier molecular flexibility index (Phi) is 12.0. The SMILES string of the molecule is c1ccc(OCCCCCCCCCCCCCOc2ccccc2)cc1. The van der Waals surface area contributed by atoms with Gasteiger partial charge in [0, 0.05) is 0 Å². The van der Waals surface area contributed by atoms with Crippen LogP contribution < -0.4 is 9.47 Å². The van der Waals surface area contributed by atoms with Gasteiger partial charge in [0.15, 0.2) is 0 Å². The summed E-state index contributed by atoms with van der Waals surface area (Å²) in [6.45, 7) is 1.69. The highest BCUT2D eigenvalue weighted by Crippen LogP contribution is 2.13. The van der Waals surface area contributed by atoms with Crippen LogP contribution in [0.4, 0.5) is 0 Å². The smallest absolute Gasteiger partial charge is 0.119 e. The van der Waals surface area contributed by atoms with Crippen LogP contribution >= 0.6 is 0 Å². The molecule has 0 unspecified atom stereocenters.